The zero-order chi connectivity index (χ0) is 14.0. The Balaban J connectivity index is 3.09. The van der Waals surface area contributed by atoms with Gasteiger partial charge in [0.2, 0.25) is 21.2 Å². The lowest BCUT2D eigenvalue weighted by Gasteiger charge is -2.25. The highest BCUT2D eigenvalue weighted by atomic mass is 35.5. The Morgan fingerprint density at radius 3 is 2.39 bits per heavy atom. The van der Waals surface area contributed by atoms with Gasteiger partial charge in [0.1, 0.15) is 10.4 Å². The summed E-state index contributed by atoms with van der Waals surface area (Å²) in [6, 6.07) is 0. The van der Waals surface area contributed by atoms with E-state index in [2.05, 4.69) is 14.7 Å². The van der Waals surface area contributed by atoms with Crippen LogP contribution in [0.1, 0.15) is 20.3 Å². The standard InChI is InChI=1S/C9H13ClN4O3S/c1-3-9(2,7(11)15)14-18(16,17)6-4-12-8(10)13-5-6/h4-5,14H,3H2,1-2H3,(H2,11,15). The topological polar surface area (TPSA) is 115 Å². The summed E-state index contributed by atoms with van der Waals surface area (Å²) in [6.07, 6.45) is 2.32. The van der Waals surface area contributed by atoms with Crippen molar-refractivity contribution in [2.24, 2.45) is 5.73 Å². The number of rotatable bonds is 5. The van der Waals surface area contributed by atoms with Gasteiger partial charge in [-0.05, 0) is 24.9 Å². The van der Waals surface area contributed by atoms with E-state index in [1.807, 2.05) is 0 Å². The second-order valence-electron chi connectivity index (χ2n) is 3.84. The first-order chi connectivity index (χ1) is 8.21. The SMILES string of the molecule is CCC(C)(NS(=O)(=O)c1cnc(Cl)nc1)C(N)=O. The molecule has 1 aromatic rings. The Bertz CT molecular complexity index is 545. The maximum atomic E-state index is 12.0. The summed E-state index contributed by atoms with van der Waals surface area (Å²) in [5.74, 6) is -0.761. The first-order valence-electron chi connectivity index (χ1n) is 5.02. The molecule has 7 nitrogen and oxygen atoms in total. The van der Waals surface area contributed by atoms with Crippen molar-refractivity contribution in [3.8, 4) is 0 Å². The van der Waals surface area contributed by atoms with E-state index < -0.39 is 21.5 Å². The third-order valence-electron chi connectivity index (χ3n) is 2.52. The van der Waals surface area contributed by atoms with Crippen LogP contribution in [0.5, 0.6) is 0 Å². The molecule has 0 saturated carbocycles. The van der Waals surface area contributed by atoms with Crippen molar-refractivity contribution >= 4 is 27.5 Å². The quantitative estimate of drug-likeness (QED) is 0.745. The molecule has 100 valence electrons. The molecule has 1 amide bonds. The lowest BCUT2D eigenvalue weighted by Crippen LogP contribution is -2.54. The van der Waals surface area contributed by atoms with Crippen molar-refractivity contribution in [1.82, 2.24) is 14.7 Å². The largest absolute Gasteiger partial charge is 0.368 e. The number of aromatic nitrogens is 2. The minimum atomic E-state index is -3.93. The molecule has 0 aliphatic heterocycles. The van der Waals surface area contributed by atoms with Crippen LogP contribution < -0.4 is 10.5 Å². The van der Waals surface area contributed by atoms with Gasteiger partial charge in [0, 0.05) is 0 Å². The van der Waals surface area contributed by atoms with E-state index in [0.717, 1.165) is 12.4 Å². The minimum absolute atomic E-state index is 0.0675. The van der Waals surface area contributed by atoms with Crippen molar-refractivity contribution in [3.63, 3.8) is 0 Å². The zero-order valence-corrected chi connectivity index (χ0v) is 11.4. The smallest absolute Gasteiger partial charge is 0.244 e. The number of hydrogen-bond donors (Lipinski definition) is 2. The minimum Gasteiger partial charge on any atom is -0.368 e. The molecular formula is C9H13ClN4O3S. The number of carbonyl (C=O) groups is 1. The second-order valence-corrected chi connectivity index (χ2v) is 5.86. The first kappa shape index (κ1) is 14.8. The number of carbonyl (C=O) groups excluding carboxylic acids is 1. The van der Waals surface area contributed by atoms with Gasteiger partial charge in [-0.25, -0.2) is 18.4 Å². The second kappa shape index (κ2) is 5.17. The normalized spacial score (nSPS) is 15.1. The molecule has 0 aliphatic rings. The molecule has 0 fully saturated rings. The molecule has 1 atom stereocenters. The Kier molecular flexibility index (Phi) is 4.25. The summed E-state index contributed by atoms with van der Waals surface area (Å²) in [6.45, 7) is 3.05. The van der Waals surface area contributed by atoms with Gasteiger partial charge in [-0.2, -0.15) is 4.72 Å². The fourth-order valence-corrected chi connectivity index (χ4v) is 2.53. The van der Waals surface area contributed by atoms with Crippen LogP contribution in [0, 0.1) is 0 Å². The lowest BCUT2D eigenvalue weighted by atomic mass is 10.0. The molecule has 1 aromatic heterocycles. The van der Waals surface area contributed by atoms with Gasteiger partial charge in [0.15, 0.2) is 0 Å². The Morgan fingerprint density at radius 2 is 2.00 bits per heavy atom. The van der Waals surface area contributed by atoms with E-state index in [9.17, 15) is 13.2 Å². The highest BCUT2D eigenvalue weighted by molar-refractivity contribution is 7.89. The van der Waals surface area contributed by atoms with Gasteiger partial charge in [-0.1, -0.05) is 6.92 Å². The lowest BCUT2D eigenvalue weighted by molar-refractivity contribution is -0.123. The van der Waals surface area contributed by atoms with E-state index in [1.165, 1.54) is 6.92 Å². The maximum Gasteiger partial charge on any atom is 0.244 e. The van der Waals surface area contributed by atoms with Gasteiger partial charge in [0.25, 0.3) is 0 Å². The summed E-state index contributed by atoms with van der Waals surface area (Å²) in [4.78, 5) is 18.2. The van der Waals surface area contributed by atoms with E-state index >= 15 is 0 Å². The first-order valence-corrected chi connectivity index (χ1v) is 6.89. The Hall–Kier alpha value is -1.25. The summed E-state index contributed by atoms with van der Waals surface area (Å²) in [5.41, 5.74) is 3.81. The Labute approximate surface area is 110 Å². The number of halogens is 1. The molecule has 1 heterocycles. The van der Waals surface area contributed by atoms with Crippen LogP contribution in [0.4, 0.5) is 0 Å². The molecule has 9 heteroatoms. The van der Waals surface area contributed by atoms with Gasteiger partial charge in [-0.15, -0.1) is 0 Å². The number of nitrogens with zero attached hydrogens (tertiary/aromatic N) is 2. The van der Waals surface area contributed by atoms with Crippen molar-refractivity contribution < 1.29 is 13.2 Å². The average Bonchev–Trinajstić information content (AvgIpc) is 2.28. The highest BCUT2D eigenvalue weighted by Crippen LogP contribution is 2.15. The summed E-state index contributed by atoms with van der Waals surface area (Å²) < 4.78 is 26.2. The van der Waals surface area contributed by atoms with Crippen LogP contribution >= 0.6 is 11.6 Å². The van der Waals surface area contributed by atoms with Crippen LogP contribution in [0.3, 0.4) is 0 Å². The van der Waals surface area contributed by atoms with E-state index in [-0.39, 0.29) is 16.6 Å². The number of nitrogens with one attached hydrogen (secondary N) is 1. The molecule has 3 N–H and O–H groups in total. The summed E-state index contributed by atoms with van der Waals surface area (Å²) >= 11 is 5.46. The van der Waals surface area contributed by atoms with Crippen molar-refractivity contribution in [2.45, 2.75) is 30.7 Å². The molecule has 0 radical (unpaired) electrons. The van der Waals surface area contributed by atoms with Gasteiger partial charge in [-0.3, -0.25) is 4.79 Å². The van der Waals surface area contributed by atoms with E-state index in [1.54, 1.807) is 6.92 Å². The van der Waals surface area contributed by atoms with Crippen LogP contribution in [0.15, 0.2) is 17.3 Å². The van der Waals surface area contributed by atoms with Crippen LogP contribution in [0.2, 0.25) is 5.28 Å². The number of amides is 1. The van der Waals surface area contributed by atoms with E-state index in [0.29, 0.717) is 0 Å². The molecule has 0 spiro atoms. The van der Waals surface area contributed by atoms with Crippen molar-refractivity contribution in [1.29, 1.82) is 0 Å². The number of sulfonamides is 1. The fraction of sp³-hybridized carbons (Fsp3) is 0.444. The molecule has 1 unspecified atom stereocenters. The monoisotopic (exact) mass is 292 g/mol. The fourth-order valence-electron chi connectivity index (χ4n) is 1.09. The maximum absolute atomic E-state index is 12.0. The van der Waals surface area contributed by atoms with E-state index in [4.69, 9.17) is 17.3 Å². The molecule has 18 heavy (non-hydrogen) atoms. The molecule has 0 aromatic carbocycles. The highest BCUT2D eigenvalue weighted by Gasteiger charge is 2.34. The predicted molar refractivity (Wildman–Crippen MR) is 65.3 cm³/mol. The molecule has 0 saturated heterocycles. The summed E-state index contributed by atoms with van der Waals surface area (Å²) in [5, 5.41) is -0.0675. The number of nitrogens with two attached hydrogens (primary N) is 1. The van der Waals surface area contributed by atoms with Crippen molar-refractivity contribution in [3.05, 3.63) is 17.7 Å². The van der Waals surface area contributed by atoms with Crippen LogP contribution in [0.25, 0.3) is 0 Å². The van der Waals surface area contributed by atoms with Crippen LogP contribution in [-0.4, -0.2) is 29.8 Å². The van der Waals surface area contributed by atoms with Gasteiger partial charge in [0.05, 0.1) is 12.4 Å². The predicted octanol–water partition coefficient (Wildman–Crippen LogP) is 0.0623. The molecule has 1 rings (SSSR count). The summed E-state index contributed by atoms with van der Waals surface area (Å²) in [7, 11) is -3.93. The Morgan fingerprint density at radius 1 is 1.50 bits per heavy atom. The van der Waals surface area contributed by atoms with Gasteiger partial charge < -0.3 is 5.73 Å². The van der Waals surface area contributed by atoms with Crippen LogP contribution in [-0.2, 0) is 14.8 Å². The third-order valence-corrected chi connectivity index (χ3v) is 4.26. The van der Waals surface area contributed by atoms with Crippen molar-refractivity contribution in [2.75, 3.05) is 0 Å². The molecule has 0 aliphatic carbocycles. The zero-order valence-electron chi connectivity index (χ0n) is 9.84. The average molecular weight is 293 g/mol. The molecule has 0 bridgehead atoms. The number of hydrogen-bond acceptors (Lipinski definition) is 5. The van der Waals surface area contributed by atoms with Gasteiger partial charge >= 0.3 is 0 Å². The third kappa shape index (κ3) is 3.15. The number of primary amides is 1. The molecular weight excluding hydrogens is 280 g/mol.